The van der Waals surface area contributed by atoms with Crippen LogP contribution in [0.2, 0.25) is 0 Å². The van der Waals surface area contributed by atoms with Crippen molar-refractivity contribution >= 4 is 52.4 Å². The molecule has 4 rings (SSSR count). The van der Waals surface area contributed by atoms with Crippen molar-refractivity contribution in [2.45, 2.75) is 58.3 Å². The minimum Gasteiger partial charge on any atom is -0.492 e. The Bertz CT molecular complexity index is 1760. The van der Waals surface area contributed by atoms with Crippen LogP contribution in [0.15, 0.2) is 54.7 Å². The van der Waals surface area contributed by atoms with E-state index in [1.165, 1.54) is 18.3 Å². The quantitative estimate of drug-likeness (QED) is 0.117. The first kappa shape index (κ1) is 33.8. The molecule has 8 N–H and O–H groups in total. The second kappa shape index (κ2) is 14.8. The third-order valence-corrected chi connectivity index (χ3v) is 6.43. The van der Waals surface area contributed by atoms with Crippen LogP contribution in [0.1, 0.15) is 55.2 Å². The van der Waals surface area contributed by atoms with Crippen LogP contribution < -0.4 is 27.0 Å². The van der Waals surface area contributed by atoms with E-state index in [1.54, 1.807) is 57.2 Å². The number of hydrogen-bond acceptors (Lipinski definition) is 12. The lowest BCUT2D eigenvalue weighted by Crippen LogP contribution is -2.41. The SMILES string of the molecule is CC(C)(C)OC(=O)Nc1ccc(CNC(=O)CCC(NC(=O)c2ccc(NCc3cnc4nc(N)nc(O)c4n3)cc2)C(=O)O)cc1. The van der Waals surface area contributed by atoms with E-state index >= 15 is 0 Å². The second-order valence-corrected chi connectivity index (χ2v) is 11.4. The summed E-state index contributed by atoms with van der Waals surface area (Å²) in [6.07, 6.45) is 0.641. The predicted molar refractivity (Wildman–Crippen MR) is 171 cm³/mol. The first-order chi connectivity index (χ1) is 22.3. The molecule has 2 aromatic carbocycles. The molecule has 1 unspecified atom stereocenters. The van der Waals surface area contributed by atoms with Crippen molar-refractivity contribution in [1.29, 1.82) is 0 Å². The number of nitrogens with zero attached hydrogens (tertiary/aromatic N) is 4. The highest BCUT2D eigenvalue weighted by Crippen LogP contribution is 2.19. The van der Waals surface area contributed by atoms with Gasteiger partial charge >= 0.3 is 12.1 Å². The van der Waals surface area contributed by atoms with Gasteiger partial charge in [0.05, 0.1) is 18.4 Å². The number of carboxylic acids is 1. The molecule has 246 valence electrons. The fraction of sp³-hybridized carbons (Fsp3) is 0.290. The summed E-state index contributed by atoms with van der Waals surface area (Å²) in [7, 11) is 0. The summed E-state index contributed by atoms with van der Waals surface area (Å²) >= 11 is 0. The Hall–Kier alpha value is -6.06. The summed E-state index contributed by atoms with van der Waals surface area (Å²) in [5.41, 5.74) is 7.79. The highest BCUT2D eigenvalue weighted by Gasteiger charge is 2.22. The standard InChI is InChI=1S/C31H35N9O7/c1-31(2,3)47-30(46)37-20-8-4-17(5-9-20)14-34-23(41)13-12-22(28(44)45)38-26(42)18-6-10-19(11-7-18)33-15-21-16-35-25-24(36-21)27(43)40-29(32)39-25/h4-11,16,22,33H,12-15H2,1-3H3,(H,34,41)(H,37,46)(H,38,42)(H,44,45)(H3,32,35,39,40,43). The van der Waals surface area contributed by atoms with Crippen LogP contribution in [-0.4, -0.2) is 65.7 Å². The Kier molecular flexibility index (Phi) is 10.7. The molecule has 2 heterocycles. The van der Waals surface area contributed by atoms with Gasteiger partial charge in [0.25, 0.3) is 5.91 Å². The molecule has 0 saturated carbocycles. The maximum Gasteiger partial charge on any atom is 0.412 e. The molecule has 47 heavy (non-hydrogen) atoms. The number of carbonyl (C=O) groups excluding carboxylic acids is 3. The summed E-state index contributed by atoms with van der Waals surface area (Å²) < 4.78 is 5.21. The third kappa shape index (κ3) is 10.2. The Labute approximate surface area is 269 Å². The Balaban J connectivity index is 1.22. The predicted octanol–water partition coefficient (Wildman–Crippen LogP) is 2.95. The zero-order valence-electron chi connectivity index (χ0n) is 25.9. The van der Waals surface area contributed by atoms with Crippen molar-refractivity contribution in [3.05, 3.63) is 71.5 Å². The highest BCUT2D eigenvalue weighted by atomic mass is 16.6. The number of aromatic nitrogens is 4. The smallest absolute Gasteiger partial charge is 0.412 e. The van der Waals surface area contributed by atoms with Crippen LogP contribution in [0.3, 0.4) is 0 Å². The number of fused-ring (bicyclic) bond motifs is 1. The van der Waals surface area contributed by atoms with Crippen LogP contribution in [0.4, 0.5) is 22.1 Å². The number of ether oxygens (including phenoxy) is 1. The summed E-state index contributed by atoms with van der Waals surface area (Å²) in [5, 5.41) is 30.5. The molecule has 4 aromatic rings. The number of nitrogens with two attached hydrogens (primary N) is 1. The number of aliphatic carboxylic acids is 1. The van der Waals surface area contributed by atoms with Crippen molar-refractivity contribution in [3.8, 4) is 5.88 Å². The average molecular weight is 646 g/mol. The molecule has 0 saturated heterocycles. The summed E-state index contributed by atoms with van der Waals surface area (Å²) in [6, 6.07) is 11.8. The topological polar surface area (TPSA) is 244 Å². The molecule has 0 bridgehead atoms. The van der Waals surface area contributed by atoms with E-state index in [2.05, 4.69) is 41.2 Å². The number of rotatable bonds is 12. The molecule has 0 aliphatic heterocycles. The molecule has 1 atom stereocenters. The van der Waals surface area contributed by atoms with Gasteiger partial charge in [0, 0.05) is 29.9 Å². The molecule has 16 nitrogen and oxygen atoms in total. The summed E-state index contributed by atoms with van der Waals surface area (Å²) in [4.78, 5) is 64.9. The molecule has 0 fully saturated rings. The lowest BCUT2D eigenvalue weighted by molar-refractivity contribution is -0.139. The van der Waals surface area contributed by atoms with Gasteiger partial charge in [-0.3, -0.25) is 14.9 Å². The largest absolute Gasteiger partial charge is 0.492 e. The van der Waals surface area contributed by atoms with Gasteiger partial charge in [-0.2, -0.15) is 9.97 Å². The molecule has 2 aromatic heterocycles. The molecule has 0 spiro atoms. The first-order valence-electron chi connectivity index (χ1n) is 14.5. The van der Waals surface area contributed by atoms with E-state index in [-0.39, 0.29) is 60.4 Å². The number of carbonyl (C=O) groups is 4. The van der Waals surface area contributed by atoms with E-state index < -0.39 is 29.6 Å². The minimum atomic E-state index is -1.29. The van der Waals surface area contributed by atoms with Crippen LogP contribution in [0.5, 0.6) is 5.88 Å². The van der Waals surface area contributed by atoms with E-state index in [0.29, 0.717) is 17.1 Å². The number of hydrogen-bond donors (Lipinski definition) is 7. The van der Waals surface area contributed by atoms with Gasteiger partial charge in [-0.15, -0.1) is 0 Å². The zero-order valence-corrected chi connectivity index (χ0v) is 25.9. The van der Waals surface area contributed by atoms with E-state index in [1.807, 2.05) is 0 Å². The zero-order chi connectivity index (χ0) is 34.1. The van der Waals surface area contributed by atoms with Crippen molar-refractivity contribution in [1.82, 2.24) is 30.6 Å². The lowest BCUT2D eigenvalue weighted by atomic mass is 10.1. The van der Waals surface area contributed by atoms with E-state index in [0.717, 1.165) is 5.56 Å². The van der Waals surface area contributed by atoms with Gasteiger partial charge in [0.1, 0.15) is 11.6 Å². The van der Waals surface area contributed by atoms with Crippen molar-refractivity contribution in [2.75, 3.05) is 16.4 Å². The number of carboxylic acid groups (broad SMARTS) is 1. The molecular weight excluding hydrogens is 610 g/mol. The molecular formula is C31H35N9O7. The van der Waals surface area contributed by atoms with Crippen molar-refractivity contribution in [2.24, 2.45) is 0 Å². The second-order valence-electron chi connectivity index (χ2n) is 11.4. The number of nitrogens with one attached hydrogen (secondary N) is 4. The van der Waals surface area contributed by atoms with E-state index in [4.69, 9.17) is 10.5 Å². The van der Waals surface area contributed by atoms with Crippen LogP contribution >= 0.6 is 0 Å². The maximum atomic E-state index is 12.8. The number of benzene rings is 2. The Morgan fingerprint density at radius 1 is 0.936 bits per heavy atom. The number of anilines is 3. The normalized spacial score (nSPS) is 11.7. The van der Waals surface area contributed by atoms with E-state index in [9.17, 15) is 29.4 Å². The highest BCUT2D eigenvalue weighted by molar-refractivity contribution is 5.97. The van der Waals surface area contributed by atoms with Crippen molar-refractivity contribution < 1.29 is 34.1 Å². The fourth-order valence-electron chi connectivity index (χ4n) is 4.15. The number of amides is 3. The lowest BCUT2D eigenvalue weighted by Gasteiger charge is -2.19. The third-order valence-electron chi connectivity index (χ3n) is 6.43. The molecule has 0 aliphatic carbocycles. The molecule has 16 heteroatoms. The van der Waals surface area contributed by atoms with Crippen LogP contribution in [0.25, 0.3) is 11.2 Å². The average Bonchev–Trinajstić information content (AvgIpc) is 3.00. The van der Waals surface area contributed by atoms with Gasteiger partial charge in [0.2, 0.25) is 17.7 Å². The van der Waals surface area contributed by atoms with Gasteiger partial charge in [-0.25, -0.2) is 19.6 Å². The van der Waals surface area contributed by atoms with Gasteiger partial charge in [-0.05, 0) is 69.2 Å². The Morgan fingerprint density at radius 2 is 1.62 bits per heavy atom. The van der Waals surface area contributed by atoms with Crippen LogP contribution in [0, 0.1) is 0 Å². The Morgan fingerprint density at radius 3 is 2.28 bits per heavy atom. The minimum absolute atomic E-state index is 0.108. The monoisotopic (exact) mass is 645 g/mol. The van der Waals surface area contributed by atoms with Crippen molar-refractivity contribution in [3.63, 3.8) is 0 Å². The maximum absolute atomic E-state index is 12.8. The molecule has 0 aliphatic rings. The first-order valence-corrected chi connectivity index (χ1v) is 14.5. The summed E-state index contributed by atoms with van der Waals surface area (Å²) in [6.45, 7) is 5.71. The van der Waals surface area contributed by atoms with Gasteiger partial charge in [-0.1, -0.05) is 12.1 Å². The van der Waals surface area contributed by atoms with Gasteiger partial charge in [0.15, 0.2) is 11.2 Å². The number of nitrogen functional groups attached to an aromatic ring is 1. The van der Waals surface area contributed by atoms with Crippen LogP contribution in [-0.2, 0) is 27.4 Å². The summed E-state index contributed by atoms with van der Waals surface area (Å²) in [5.74, 6) is -2.77. The van der Waals surface area contributed by atoms with Gasteiger partial charge < -0.3 is 36.6 Å². The fourth-order valence-corrected chi connectivity index (χ4v) is 4.15. The number of aromatic hydroxyl groups is 1. The molecule has 3 amide bonds. The molecule has 0 radical (unpaired) electrons.